The maximum Gasteiger partial charge on any atom is 0.339 e. The highest BCUT2D eigenvalue weighted by Crippen LogP contribution is 2.56. The van der Waals surface area contributed by atoms with Crippen molar-refractivity contribution in [2.24, 2.45) is 17.3 Å². The Morgan fingerprint density at radius 1 is 0.653 bits per heavy atom. The third-order valence-electron chi connectivity index (χ3n) is 12.7. The molecule has 5 aromatic carbocycles. The minimum absolute atomic E-state index is 0.111. The number of hydrogen-bond donors (Lipinski definition) is 3. The molecule has 0 heterocycles. The largest absolute Gasteiger partial charge is 0.491 e. The van der Waals surface area contributed by atoms with Crippen LogP contribution in [0.4, 0.5) is 0 Å². The maximum atomic E-state index is 13.9. The van der Waals surface area contributed by atoms with Crippen LogP contribution in [0.5, 0.6) is 11.5 Å². The molecular weight excluding hydrogens is 925 g/mol. The van der Waals surface area contributed by atoms with E-state index < -0.39 is 89.6 Å². The molecule has 0 aromatic heterocycles. The van der Waals surface area contributed by atoms with Crippen LogP contribution in [-0.4, -0.2) is 96.4 Å². The van der Waals surface area contributed by atoms with Gasteiger partial charge in [-0.3, -0.25) is 9.59 Å². The topological polar surface area (TPSA) is 218 Å². The van der Waals surface area contributed by atoms with Crippen LogP contribution < -0.4 is 9.47 Å². The molecule has 0 aliphatic heterocycles. The van der Waals surface area contributed by atoms with Gasteiger partial charge < -0.3 is 43.7 Å². The van der Waals surface area contributed by atoms with Crippen molar-refractivity contribution in [3.8, 4) is 22.6 Å². The second-order valence-corrected chi connectivity index (χ2v) is 18.7. The molecule has 374 valence electrons. The minimum atomic E-state index is -1.51. The molecule has 0 saturated heterocycles. The van der Waals surface area contributed by atoms with E-state index >= 15 is 0 Å². The predicted molar refractivity (Wildman–Crippen MR) is 263 cm³/mol. The van der Waals surface area contributed by atoms with Gasteiger partial charge in [0.05, 0.1) is 40.0 Å². The number of hydrogen-bond acceptors (Lipinski definition) is 13. The third kappa shape index (κ3) is 11.4. The molecule has 15 nitrogen and oxygen atoms in total. The molecule has 5 aromatic rings. The SMILES string of the molecule is C=C(C)C(=O)OCCOC(=O)c1ccc(C(=O)O)c(C(=O)OC(COC(=O)C2CC=CCC2C(=O)O)COc2ccc(C3(c4ccc(OCC(O)C(C)(C)C)cc4)c4ccccc4-c4ccccc43)cc2)c1. The van der Waals surface area contributed by atoms with Crippen LogP contribution in [0.25, 0.3) is 11.1 Å². The van der Waals surface area contributed by atoms with Crippen molar-refractivity contribution in [2.45, 2.75) is 58.2 Å². The van der Waals surface area contributed by atoms with Gasteiger partial charge in [-0.05, 0) is 101 Å². The van der Waals surface area contributed by atoms with Crippen molar-refractivity contribution in [1.82, 2.24) is 0 Å². The van der Waals surface area contributed by atoms with Gasteiger partial charge in [0.2, 0.25) is 0 Å². The first-order chi connectivity index (χ1) is 34.4. The zero-order chi connectivity index (χ0) is 51.7. The number of carboxylic acids is 2. The average Bonchev–Trinajstić information content (AvgIpc) is 3.68. The van der Waals surface area contributed by atoms with Crippen molar-refractivity contribution < 1.29 is 72.5 Å². The fraction of sp³-hybridized carbons (Fsp3) is 0.298. The summed E-state index contributed by atoms with van der Waals surface area (Å²) in [5.41, 5.74) is 3.80. The van der Waals surface area contributed by atoms with E-state index in [9.17, 15) is 44.1 Å². The van der Waals surface area contributed by atoms with E-state index in [0.29, 0.717) is 11.5 Å². The molecule has 2 aliphatic rings. The van der Waals surface area contributed by atoms with Crippen molar-refractivity contribution in [1.29, 1.82) is 0 Å². The van der Waals surface area contributed by atoms with Crippen molar-refractivity contribution in [3.05, 3.63) is 179 Å². The predicted octanol–water partition coefficient (Wildman–Crippen LogP) is 8.62. The summed E-state index contributed by atoms with van der Waals surface area (Å²) in [5.74, 6) is -7.51. The molecule has 4 atom stereocenters. The number of ether oxygens (including phenoxy) is 6. The molecule has 0 bridgehead atoms. The first kappa shape index (κ1) is 51.8. The van der Waals surface area contributed by atoms with E-state index in [1.807, 2.05) is 81.4 Å². The third-order valence-corrected chi connectivity index (χ3v) is 12.7. The van der Waals surface area contributed by atoms with Crippen LogP contribution in [0.1, 0.15) is 93.9 Å². The van der Waals surface area contributed by atoms with Gasteiger partial charge in [0.1, 0.15) is 44.5 Å². The van der Waals surface area contributed by atoms with Crippen LogP contribution in [-0.2, 0) is 38.7 Å². The summed E-state index contributed by atoms with van der Waals surface area (Å²) < 4.78 is 33.7. The summed E-state index contributed by atoms with van der Waals surface area (Å²) in [7, 11) is 0. The van der Waals surface area contributed by atoms with E-state index in [1.54, 1.807) is 24.3 Å². The number of carbonyl (C=O) groups excluding carboxylic acids is 4. The normalized spacial score (nSPS) is 16.2. The Morgan fingerprint density at radius 2 is 1.19 bits per heavy atom. The van der Waals surface area contributed by atoms with Crippen LogP contribution in [0.15, 0.2) is 140 Å². The summed E-state index contributed by atoms with van der Waals surface area (Å²) >= 11 is 0. The molecule has 0 radical (unpaired) electrons. The fourth-order valence-electron chi connectivity index (χ4n) is 8.70. The Labute approximate surface area is 416 Å². The van der Waals surface area contributed by atoms with Crippen molar-refractivity contribution in [2.75, 3.05) is 33.0 Å². The molecule has 0 spiro atoms. The molecule has 7 rings (SSSR count). The number of aliphatic carboxylic acids is 1. The fourth-order valence-corrected chi connectivity index (χ4v) is 8.70. The average molecular weight is 981 g/mol. The van der Waals surface area contributed by atoms with E-state index in [-0.39, 0.29) is 49.2 Å². The number of allylic oxidation sites excluding steroid dienone is 2. The van der Waals surface area contributed by atoms with Crippen LogP contribution >= 0.6 is 0 Å². The van der Waals surface area contributed by atoms with Gasteiger partial charge in [-0.1, -0.05) is 112 Å². The van der Waals surface area contributed by atoms with Crippen molar-refractivity contribution >= 4 is 35.8 Å². The van der Waals surface area contributed by atoms with E-state index in [4.69, 9.17) is 28.4 Å². The highest BCUT2D eigenvalue weighted by Gasteiger charge is 2.46. The van der Waals surface area contributed by atoms with Gasteiger partial charge in [0.25, 0.3) is 0 Å². The second kappa shape index (κ2) is 22.4. The first-order valence-electron chi connectivity index (χ1n) is 23.4. The van der Waals surface area contributed by atoms with Gasteiger partial charge in [-0.15, -0.1) is 0 Å². The lowest BCUT2D eigenvalue weighted by Gasteiger charge is -2.34. The van der Waals surface area contributed by atoms with Gasteiger partial charge >= 0.3 is 35.8 Å². The first-order valence-corrected chi connectivity index (χ1v) is 23.4. The second-order valence-electron chi connectivity index (χ2n) is 18.7. The monoisotopic (exact) mass is 980 g/mol. The number of rotatable bonds is 20. The van der Waals surface area contributed by atoms with Gasteiger partial charge in [-0.25, -0.2) is 19.2 Å². The smallest absolute Gasteiger partial charge is 0.339 e. The molecule has 3 N–H and O–H groups in total. The maximum absolute atomic E-state index is 13.9. The van der Waals surface area contributed by atoms with E-state index in [2.05, 4.69) is 30.8 Å². The number of aliphatic hydroxyl groups is 1. The molecule has 4 unspecified atom stereocenters. The lowest BCUT2D eigenvalue weighted by Crippen LogP contribution is -2.36. The van der Waals surface area contributed by atoms with E-state index in [1.165, 1.54) is 6.92 Å². The molecule has 72 heavy (non-hydrogen) atoms. The van der Waals surface area contributed by atoms with Crippen LogP contribution in [0, 0.1) is 17.3 Å². The summed E-state index contributed by atoms with van der Waals surface area (Å²) in [4.78, 5) is 76.4. The quantitative estimate of drug-likeness (QED) is 0.0214. The number of benzene rings is 5. The zero-order valence-corrected chi connectivity index (χ0v) is 40.3. The number of carbonyl (C=O) groups is 6. The van der Waals surface area contributed by atoms with Crippen LogP contribution in [0.3, 0.4) is 0 Å². The van der Waals surface area contributed by atoms with Gasteiger partial charge in [0.15, 0.2) is 6.10 Å². The van der Waals surface area contributed by atoms with Crippen LogP contribution in [0.2, 0.25) is 0 Å². The lowest BCUT2D eigenvalue weighted by molar-refractivity contribution is -0.160. The number of carboxylic acid groups (broad SMARTS) is 2. The van der Waals surface area contributed by atoms with Crippen molar-refractivity contribution in [3.63, 3.8) is 0 Å². The number of aliphatic hydroxyl groups excluding tert-OH is 1. The Balaban J connectivity index is 1.16. The Bertz CT molecular complexity index is 2830. The zero-order valence-electron chi connectivity index (χ0n) is 40.3. The summed E-state index contributed by atoms with van der Waals surface area (Å²) in [6.07, 6.45) is 1.53. The Hall–Kier alpha value is -8.04. The number of fused-ring (bicyclic) bond motifs is 3. The highest BCUT2D eigenvalue weighted by atomic mass is 16.6. The highest BCUT2D eigenvalue weighted by molar-refractivity contribution is 6.04. The summed E-state index contributed by atoms with van der Waals surface area (Å²) in [6, 6.07) is 34.7. The number of esters is 4. The minimum Gasteiger partial charge on any atom is -0.491 e. The Morgan fingerprint density at radius 3 is 1.74 bits per heavy atom. The van der Waals surface area contributed by atoms with E-state index in [0.717, 1.165) is 51.6 Å². The molecule has 0 amide bonds. The molecule has 15 heteroatoms. The standard InChI is InChI=1S/C57H56O15/c1-34(2)52(63)67-28-29-68-53(64)35-18-27-44(51(61)62)46(30-35)55(66)72-40(32-71-54(65)45-15-7-6-14-43(45)50(59)60)31-69-38-23-19-36(20-24-38)57(37-21-25-39(26-22-37)70-33-49(58)56(3,4)5)47-16-10-8-12-41(47)42-13-9-11-17-48(42)57/h6-13,16-27,30,40,43,45,49,58H,1,14-15,28-29,31-33H2,2-5H3,(H,59,60)(H,61,62). The van der Waals surface area contributed by atoms with Gasteiger partial charge in [-0.2, -0.15) is 0 Å². The number of aromatic carboxylic acids is 1. The lowest BCUT2D eigenvalue weighted by atomic mass is 9.68. The molecule has 2 aliphatic carbocycles. The molecular formula is C57H56O15. The molecule has 0 saturated carbocycles. The summed E-state index contributed by atoms with van der Waals surface area (Å²) in [6.45, 7) is 9.23. The summed E-state index contributed by atoms with van der Waals surface area (Å²) in [5, 5.41) is 30.5. The molecule has 0 fully saturated rings. The Kier molecular flexibility index (Phi) is 16.1. The van der Waals surface area contributed by atoms with Gasteiger partial charge in [0, 0.05) is 5.57 Å².